The summed E-state index contributed by atoms with van der Waals surface area (Å²) >= 11 is 3.13. The van der Waals surface area contributed by atoms with Gasteiger partial charge in [-0.1, -0.05) is 18.2 Å². The van der Waals surface area contributed by atoms with Crippen molar-refractivity contribution >= 4 is 39.5 Å². The van der Waals surface area contributed by atoms with Gasteiger partial charge in [0.05, 0.1) is 16.4 Å². The lowest BCUT2D eigenvalue weighted by molar-refractivity contribution is 0.0950. The highest BCUT2D eigenvalue weighted by Gasteiger charge is 2.16. The summed E-state index contributed by atoms with van der Waals surface area (Å²) in [6, 6.07) is 10.4. The summed E-state index contributed by atoms with van der Waals surface area (Å²) in [5.74, 6) is -0.136. The van der Waals surface area contributed by atoms with E-state index in [2.05, 4.69) is 45.0 Å². The number of amides is 1. The first-order chi connectivity index (χ1) is 13.2. The van der Waals surface area contributed by atoms with Crippen molar-refractivity contribution in [3.05, 3.63) is 57.5 Å². The van der Waals surface area contributed by atoms with Crippen molar-refractivity contribution in [1.29, 1.82) is 0 Å². The number of nitrogens with one attached hydrogen (secondary N) is 1. The van der Waals surface area contributed by atoms with Gasteiger partial charge in [0.25, 0.3) is 5.91 Å². The van der Waals surface area contributed by atoms with Crippen LogP contribution in [0.4, 0.5) is 0 Å². The van der Waals surface area contributed by atoms with Crippen molar-refractivity contribution in [2.45, 2.75) is 26.8 Å². The van der Waals surface area contributed by atoms with E-state index >= 15 is 0 Å². The summed E-state index contributed by atoms with van der Waals surface area (Å²) in [7, 11) is 0. The Morgan fingerprint density at radius 2 is 2.04 bits per heavy atom. The van der Waals surface area contributed by atoms with E-state index in [1.54, 1.807) is 11.3 Å². The molecule has 7 heteroatoms. The molecule has 1 N–H and O–H groups in total. The highest BCUT2D eigenvalue weighted by atomic mass is 32.1. The van der Waals surface area contributed by atoms with Crippen LogP contribution in [-0.4, -0.2) is 27.0 Å². The highest BCUT2D eigenvalue weighted by molar-refractivity contribution is 7.13. The molecule has 3 aromatic heterocycles. The van der Waals surface area contributed by atoms with Crippen molar-refractivity contribution in [2.24, 2.45) is 0 Å². The third-order valence-electron chi connectivity index (χ3n) is 4.42. The zero-order chi connectivity index (χ0) is 18.8. The Labute approximate surface area is 165 Å². The zero-order valence-electron chi connectivity index (χ0n) is 15.2. The Balaban J connectivity index is 1.49. The topological polar surface area (TPSA) is 59.8 Å². The van der Waals surface area contributed by atoms with Crippen LogP contribution in [0.15, 0.2) is 41.1 Å². The first-order valence-corrected chi connectivity index (χ1v) is 10.6. The van der Waals surface area contributed by atoms with Gasteiger partial charge in [-0.15, -0.1) is 22.7 Å². The normalized spacial score (nSPS) is 11.2. The number of nitrogens with zero attached hydrogens (tertiary/aromatic N) is 3. The molecule has 0 fully saturated rings. The average molecular weight is 397 g/mol. The molecule has 27 heavy (non-hydrogen) atoms. The molecule has 138 valence electrons. The number of aryl methyl sites for hydroxylation is 2. The van der Waals surface area contributed by atoms with Gasteiger partial charge in [0.15, 0.2) is 0 Å². The number of carbonyl (C=O) groups is 1. The van der Waals surface area contributed by atoms with E-state index in [9.17, 15) is 4.79 Å². The standard InChI is InChI=1S/C20H20N4OS2/c1-3-24-17-7-5-4-6-14(17)10-18(24)20-23-16(12-27-20)19(25)21-9-8-15-11-26-13(2)22-15/h4-7,10-12H,3,8-9H2,1-2H3,(H,21,25). The molecule has 0 bridgehead atoms. The average Bonchev–Trinajstić information content (AvgIpc) is 3.39. The number of hydrogen-bond acceptors (Lipinski definition) is 5. The molecule has 1 amide bonds. The van der Waals surface area contributed by atoms with Gasteiger partial charge in [0, 0.05) is 41.2 Å². The summed E-state index contributed by atoms with van der Waals surface area (Å²) in [5, 5.41) is 9.91. The van der Waals surface area contributed by atoms with Gasteiger partial charge >= 0.3 is 0 Å². The molecule has 0 atom stereocenters. The van der Waals surface area contributed by atoms with E-state index in [0.29, 0.717) is 12.2 Å². The van der Waals surface area contributed by atoms with Gasteiger partial charge in [-0.2, -0.15) is 0 Å². The largest absolute Gasteiger partial charge is 0.350 e. The number of hydrogen-bond donors (Lipinski definition) is 1. The summed E-state index contributed by atoms with van der Waals surface area (Å²) in [6.45, 7) is 5.53. The van der Waals surface area contributed by atoms with Crippen molar-refractivity contribution in [2.75, 3.05) is 6.54 Å². The van der Waals surface area contributed by atoms with E-state index in [-0.39, 0.29) is 5.91 Å². The minimum absolute atomic E-state index is 0.136. The first kappa shape index (κ1) is 17.9. The van der Waals surface area contributed by atoms with E-state index in [1.165, 1.54) is 22.2 Å². The minimum Gasteiger partial charge on any atom is -0.350 e. The molecular weight excluding hydrogens is 376 g/mol. The second-order valence-electron chi connectivity index (χ2n) is 6.23. The Bertz CT molecular complexity index is 1090. The fourth-order valence-electron chi connectivity index (χ4n) is 3.14. The van der Waals surface area contributed by atoms with Gasteiger partial charge in [-0.05, 0) is 26.0 Å². The van der Waals surface area contributed by atoms with E-state index < -0.39 is 0 Å². The molecule has 0 saturated carbocycles. The van der Waals surface area contributed by atoms with E-state index in [4.69, 9.17) is 0 Å². The van der Waals surface area contributed by atoms with Crippen LogP contribution < -0.4 is 5.32 Å². The number of fused-ring (bicyclic) bond motifs is 1. The molecule has 3 heterocycles. The molecule has 4 aromatic rings. The van der Waals surface area contributed by atoms with E-state index in [0.717, 1.165) is 34.4 Å². The molecular formula is C20H20N4OS2. The second kappa shape index (κ2) is 7.62. The van der Waals surface area contributed by atoms with Crippen molar-refractivity contribution < 1.29 is 4.79 Å². The predicted octanol–water partition coefficient (Wildman–Crippen LogP) is 4.52. The van der Waals surface area contributed by atoms with Gasteiger partial charge in [0.1, 0.15) is 10.7 Å². The maximum atomic E-state index is 12.4. The number of benzene rings is 1. The molecule has 0 saturated heterocycles. The molecule has 0 aliphatic rings. The van der Waals surface area contributed by atoms with Crippen LogP contribution in [0.5, 0.6) is 0 Å². The first-order valence-electron chi connectivity index (χ1n) is 8.89. The lowest BCUT2D eigenvalue weighted by atomic mass is 10.2. The lowest BCUT2D eigenvalue weighted by Gasteiger charge is -2.05. The predicted molar refractivity (Wildman–Crippen MR) is 112 cm³/mol. The Kier molecular flexibility index (Phi) is 5.05. The number of para-hydroxylation sites is 1. The lowest BCUT2D eigenvalue weighted by Crippen LogP contribution is -2.26. The number of rotatable bonds is 6. The number of carbonyl (C=O) groups excluding carboxylic acids is 1. The summed E-state index contributed by atoms with van der Waals surface area (Å²) < 4.78 is 2.24. The van der Waals surface area contributed by atoms with Gasteiger partial charge in [-0.3, -0.25) is 4.79 Å². The molecule has 0 unspecified atom stereocenters. The van der Waals surface area contributed by atoms with Crippen LogP contribution in [0.2, 0.25) is 0 Å². The van der Waals surface area contributed by atoms with Crippen molar-refractivity contribution in [1.82, 2.24) is 19.9 Å². The Hall–Kier alpha value is -2.51. The summed E-state index contributed by atoms with van der Waals surface area (Å²) in [5.41, 5.74) is 3.73. The smallest absolute Gasteiger partial charge is 0.270 e. The molecule has 1 aromatic carbocycles. The monoisotopic (exact) mass is 396 g/mol. The maximum absolute atomic E-state index is 12.4. The molecule has 5 nitrogen and oxygen atoms in total. The molecule has 4 rings (SSSR count). The number of aromatic nitrogens is 3. The van der Waals surface area contributed by atoms with Crippen molar-refractivity contribution in [3.8, 4) is 10.7 Å². The minimum atomic E-state index is -0.136. The SMILES string of the molecule is CCn1c(-c2nc(C(=O)NCCc3csc(C)n3)cs2)cc2ccccc21. The number of thiazole rings is 2. The Morgan fingerprint density at radius 1 is 1.19 bits per heavy atom. The van der Waals surface area contributed by atoms with Gasteiger partial charge in [-0.25, -0.2) is 9.97 Å². The maximum Gasteiger partial charge on any atom is 0.270 e. The van der Waals surface area contributed by atoms with Crippen LogP contribution in [-0.2, 0) is 13.0 Å². The van der Waals surface area contributed by atoms with E-state index in [1.807, 2.05) is 29.8 Å². The summed E-state index contributed by atoms with van der Waals surface area (Å²) in [4.78, 5) is 21.4. The third kappa shape index (κ3) is 3.65. The molecule has 0 aliphatic heterocycles. The zero-order valence-corrected chi connectivity index (χ0v) is 16.9. The molecule has 0 radical (unpaired) electrons. The van der Waals surface area contributed by atoms with Crippen LogP contribution in [0.25, 0.3) is 21.6 Å². The molecule has 0 spiro atoms. The fourth-order valence-corrected chi connectivity index (χ4v) is 4.61. The Morgan fingerprint density at radius 3 is 2.81 bits per heavy atom. The molecule has 0 aliphatic carbocycles. The fraction of sp³-hybridized carbons (Fsp3) is 0.250. The van der Waals surface area contributed by atoms with Gasteiger partial charge in [0.2, 0.25) is 0 Å². The summed E-state index contributed by atoms with van der Waals surface area (Å²) in [6.07, 6.45) is 0.733. The van der Waals surface area contributed by atoms with Crippen LogP contribution in [0.1, 0.15) is 28.1 Å². The van der Waals surface area contributed by atoms with Crippen LogP contribution in [0, 0.1) is 6.92 Å². The van der Waals surface area contributed by atoms with Crippen LogP contribution >= 0.6 is 22.7 Å². The third-order valence-corrected chi connectivity index (χ3v) is 6.10. The quantitative estimate of drug-likeness (QED) is 0.521. The van der Waals surface area contributed by atoms with Crippen LogP contribution in [0.3, 0.4) is 0 Å². The second-order valence-corrected chi connectivity index (χ2v) is 8.15. The van der Waals surface area contributed by atoms with Crippen molar-refractivity contribution in [3.63, 3.8) is 0 Å². The highest BCUT2D eigenvalue weighted by Crippen LogP contribution is 2.30. The van der Waals surface area contributed by atoms with Gasteiger partial charge < -0.3 is 9.88 Å².